The SMILES string of the molecule is CC(Oc1ccc(C(C)(C)C)cc1)C(=O)Nc1cccc(C(=O)NC(C)(C)C)c1. The second kappa shape index (κ2) is 8.68. The minimum atomic E-state index is -0.678. The van der Waals surface area contributed by atoms with Crippen LogP contribution < -0.4 is 15.4 Å². The van der Waals surface area contributed by atoms with Gasteiger partial charge in [-0.2, -0.15) is 0 Å². The first-order chi connectivity index (χ1) is 13.3. The van der Waals surface area contributed by atoms with Gasteiger partial charge in [-0.05, 0) is 69.0 Å². The van der Waals surface area contributed by atoms with Crippen LogP contribution in [0.2, 0.25) is 0 Å². The molecule has 0 spiro atoms. The van der Waals surface area contributed by atoms with Gasteiger partial charge in [-0.15, -0.1) is 0 Å². The predicted molar refractivity (Wildman–Crippen MR) is 118 cm³/mol. The summed E-state index contributed by atoms with van der Waals surface area (Å²) >= 11 is 0. The Balaban J connectivity index is 2.01. The smallest absolute Gasteiger partial charge is 0.265 e. The minimum absolute atomic E-state index is 0.0613. The van der Waals surface area contributed by atoms with Gasteiger partial charge in [0.05, 0.1) is 0 Å². The lowest BCUT2D eigenvalue weighted by atomic mass is 9.87. The lowest BCUT2D eigenvalue weighted by molar-refractivity contribution is -0.122. The third kappa shape index (κ3) is 6.93. The number of rotatable bonds is 5. The molecule has 5 heteroatoms. The number of nitrogens with one attached hydrogen (secondary N) is 2. The molecule has 2 amide bonds. The van der Waals surface area contributed by atoms with Crippen molar-refractivity contribution in [1.29, 1.82) is 0 Å². The summed E-state index contributed by atoms with van der Waals surface area (Å²) in [6.07, 6.45) is -0.678. The third-order valence-corrected chi connectivity index (χ3v) is 4.28. The van der Waals surface area contributed by atoms with Gasteiger partial charge in [-0.25, -0.2) is 0 Å². The van der Waals surface area contributed by atoms with Gasteiger partial charge in [-0.1, -0.05) is 39.0 Å². The Kier molecular flexibility index (Phi) is 6.73. The van der Waals surface area contributed by atoms with Crippen LogP contribution in [0.25, 0.3) is 0 Å². The van der Waals surface area contributed by atoms with Crippen molar-refractivity contribution in [3.63, 3.8) is 0 Å². The average molecular weight is 397 g/mol. The molecule has 156 valence electrons. The Hall–Kier alpha value is -2.82. The molecule has 0 radical (unpaired) electrons. The summed E-state index contributed by atoms with van der Waals surface area (Å²) in [6.45, 7) is 13.9. The number of carbonyl (C=O) groups is 2. The topological polar surface area (TPSA) is 67.4 Å². The number of amides is 2. The molecule has 0 saturated heterocycles. The fraction of sp³-hybridized carbons (Fsp3) is 0.417. The number of hydrogen-bond donors (Lipinski definition) is 2. The van der Waals surface area contributed by atoms with E-state index in [2.05, 4.69) is 31.4 Å². The molecular formula is C24H32N2O3. The zero-order valence-corrected chi connectivity index (χ0v) is 18.4. The molecule has 0 aliphatic heterocycles. The van der Waals surface area contributed by atoms with Crippen LogP contribution in [0.15, 0.2) is 48.5 Å². The summed E-state index contributed by atoms with van der Waals surface area (Å²) < 4.78 is 5.77. The van der Waals surface area contributed by atoms with E-state index in [4.69, 9.17) is 4.74 Å². The Morgan fingerprint density at radius 1 is 0.931 bits per heavy atom. The molecule has 2 aromatic carbocycles. The molecule has 0 bridgehead atoms. The van der Waals surface area contributed by atoms with E-state index in [0.717, 1.165) is 0 Å². The van der Waals surface area contributed by atoms with Crippen molar-refractivity contribution in [2.45, 2.75) is 65.5 Å². The van der Waals surface area contributed by atoms with Gasteiger partial charge in [0, 0.05) is 16.8 Å². The second-order valence-corrected chi connectivity index (χ2v) is 9.31. The quantitative estimate of drug-likeness (QED) is 0.754. The Morgan fingerprint density at radius 2 is 1.55 bits per heavy atom. The van der Waals surface area contributed by atoms with Crippen LogP contribution in [0, 0.1) is 0 Å². The van der Waals surface area contributed by atoms with E-state index in [1.165, 1.54) is 5.56 Å². The maximum absolute atomic E-state index is 12.5. The summed E-state index contributed by atoms with van der Waals surface area (Å²) in [6, 6.07) is 14.6. The largest absolute Gasteiger partial charge is 0.481 e. The molecule has 29 heavy (non-hydrogen) atoms. The summed E-state index contributed by atoms with van der Waals surface area (Å²) in [7, 11) is 0. The molecular weight excluding hydrogens is 364 g/mol. The van der Waals surface area contributed by atoms with Gasteiger partial charge in [0.25, 0.3) is 11.8 Å². The van der Waals surface area contributed by atoms with E-state index in [0.29, 0.717) is 17.0 Å². The molecule has 5 nitrogen and oxygen atoms in total. The molecule has 2 rings (SSSR count). The lowest BCUT2D eigenvalue weighted by Crippen LogP contribution is -2.40. The van der Waals surface area contributed by atoms with Gasteiger partial charge < -0.3 is 15.4 Å². The van der Waals surface area contributed by atoms with Crippen molar-refractivity contribution in [1.82, 2.24) is 5.32 Å². The van der Waals surface area contributed by atoms with Crippen molar-refractivity contribution in [3.8, 4) is 5.75 Å². The first-order valence-electron chi connectivity index (χ1n) is 9.86. The van der Waals surface area contributed by atoms with E-state index >= 15 is 0 Å². The fourth-order valence-corrected chi connectivity index (χ4v) is 2.69. The lowest BCUT2D eigenvalue weighted by Gasteiger charge is -2.21. The van der Waals surface area contributed by atoms with E-state index in [1.807, 2.05) is 45.0 Å². The zero-order valence-electron chi connectivity index (χ0n) is 18.4. The molecule has 2 N–H and O–H groups in total. The van der Waals surface area contributed by atoms with Crippen LogP contribution in [0.4, 0.5) is 5.69 Å². The number of anilines is 1. The standard InChI is InChI=1S/C24H32N2O3/c1-16(29-20-13-11-18(12-14-20)23(2,3)4)21(27)25-19-10-8-9-17(15-19)22(28)26-24(5,6)7/h8-16H,1-7H3,(H,25,27)(H,26,28). The summed E-state index contributed by atoms with van der Waals surface area (Å²) in [5.41, 5.74) is 1.97. The van der Waals surface area contributed by atoms with Crippen molar-refractivity contribution in [2.24, 2.45) is 0 Å². The normalized spacial score (nSPS) is 12.8. The second-order valence-electron chi connectivity index (χ2n) is 9.31. The summed E-state index contributed by atoms with van der Waals surface area (Å²) in [4.78, 5) is 24.8. The highest BCUT2D eigenvalue weighted by molar-refractivity contribution is 5.98. The molecule has 0 aliphatic rings. The van der Waals surface area contributed by atoms with Crippen LogP contribution >= 0.6 is 0 Å². The van der Waals surface area contributed by atoms with Crippen molar-refractivity contribution in [3.05, 3.63) is 59.7 Å². The zero-order chi connectivity index (χ0) is 21.8. The van der Waals surface area contributed by atoms with Crippen LogP contribution in [0.3, 0.4) is 0 Å². The molecule has 0 heterocycles. The third-order valence-electron chi connectivity index (χ3n) is 4.28. The minimum Gasteiger partial charge on any atom is -0.481 e. The highest BCUT2D eigenvalue weighted by atomic mass is 16.5. The van der Waals surface area contributed by atoms with E-state index in [1.54, 1.807) is 31.2 Å². The van der Waals surface area contributed by atoms with E-state index in [-0.39, 0.29) is 22.8 Å². The molecule has 0 aliphatic carbocycles. The maximum atomic E-state index is 12.5. The molecule has 0 saturated carbocycles. The van der Waals surface area contributed by atoms with Gasteiger partial charge in [0.2, 0.25) is 0 Å². The fourth-order valence-electron chi connectivity index (χ4n) is 2.69. The van der Waals surface area contributed by atoms with Gasteiger partial charge in [0.1, 0.15) is 5.75 Å². The van der Waals surface area contributed by atoms with E-state index < -0.39 is 6.10 Å². The van der Waals surface area contributed by atoms with Crippen LogP contribution in [0.5, 0.6) is 5.75 Å². The molecule has 1 unspecified atom stereocenters. The number of ether oxygens (including phenoxy) is 1. The predicted octanol–water partition coefficient (Wildman–Crippen LogP) is 4.92. The summed E-state index contributed by atoms with van der Waals surface area (Å²) in [5, 5.41) is 5.72. The first kappa shape index (κ1) is 22.5. The van der Waals surface area contributed by atoms with Crippen LogP contribution in [-0.4, -0.2) is 23.5 Å². The Labute approximate surface area is 173 Å². The molecule has 0 aromatic heterocycles. The molecule has 2 aromatic rings. The maximum Gasteiger partial charge on any atom is 0.265 e. The molecule has 0 fully saturated rings. The first-order valence-corrected chi connectivity index (χ1v) is 9.86. The number of hydrogen-bond acceptors (Lipinski definition) is 3. The molecule has 1 atom stereocenters. The number of carbonyl (C=O) groups excluding carboxylic acids is 2. The van der Waals surface area contributed by atoms with E-state index in [9.17, 15) is 9.59 Å². The number of benzene rings is 2. The van der Waals surface area contributed by atoms with Crippen molar-refractivity contribution < 1.29 is 14.3 Å². The Bertz CT molecular complexity index is 859. The van der Waals surface area contributed by atoms with Crippen molar-refractivity contribution >= 4 is 17.5 Å². The highest BCUT2D eigenvalue weighted by Gasteiger charge is 2.18. The monoisotopic (exact) mass is 396 g/mol. The average Bonchev–Trinajstić information content (AvgIpc) is 2.60. The van der Waals surface area contributed by atoms with Gasteiger partial charge in [-0.3, -0.25) is 9.59 Å². The summed E-state index contributed by atoms with van der Waals surface area (Å²) in [5.74, 6) is 0.175. The van der Waals surface area contributed by atoms with Crippen LogP contribution in [0.1, 0.15) is 64.4 Å². The van der Waals surface area contributed by atoms with Crippen LogP contribution in [-0.2, 0) is 10.2 Å². The van der Waals surface area contributed by atoms with Gasteiger partial charge in [0.15, 0.2) is 6.10 Å². The highest BCUT2D eigenvalue weighted by Crippen LogP contribution is 2.24. The Morgan fingerprint density at radius 3 is 2.10 bits per heavy atom. The van der Waals surface area contributed by atoms with Crippen molar-refractivity contribution in [2.75, 3.05) is 5.32 Å². The van der Waals surface area contributed by atoms with Gasteiger partial charge >= 0.3 is 0 Å².